The molecule has 0 aliphatic heterocycles. The third-order valence-corrected chi connectivity index (χ3v) is 3.38. The highest BCUT2D eigenvalue weighted by atomic mass is 79.9. The summed E-state index contributed by atoms with van der Waals surface area (Å²) >= 11 is 5.15. The average molecular weight is 235 g/mol. The first-order chi connectivity index (χ1) is 5.29. The van der Waals surface area contributed by atoms with Crippen LogP contribution in [0.1, 0.15) is 24.9 Å². The number of hydrazine groups is 1. The predicted molar refractivity (Wildman–Crippen MR) is 52.4 cm³/mol. The summed E-state index contributed by atoms with van der Waals surface area (Å²) in [7, 11) is 0. The molecule has 1 rings (SSSR count). The Hall–Kier alpha value is 0.100. The molecule has 2 nitrogen and oxygen atoms in total. The first-order valence-corrected chi connectivity index (χ1v) is 5.20. The second-order valence-electron chi connectivity index (χ2n) is 2.30. The fourth-order valence-corrected chi connectivity index (χ4v) is 2.60. The van der Waals surface area contributed by atoms with Gasteiger partial charge in [-0.3, -0.25) is 11.3 Å². The lowest BCUT2D eigenvalue weighted by molar-refractivity contribution is 0.539. The van der Waals surface area contributed by atoms with Crippen LogP contribution in [0.3, 0.4) is 0 Å². The Labute approximate surface area is 78.9 Å². The molecule has 0 aliphatic rings. The summed E-state index contributed by atoms with van der Waals surface area (Å²) in [4.78, 5) is 0. The Balaban J connectivity index is 2.81. The Morgan fingerprint density at radius 2 is 2.45 bits per heavy atom. The summed E-state index contributed by atoms with van der Waals surface area (Å²) in [6.07, 6.45) is 1.01. The van der Waals surface area contributed by atoms with Gasteiger partial charge >= 0.3 is 0 Å². The van der Waals surface area contributed by atoms with Gasteiger partial charge in [-0.15, -0.1) is 0 Å². The molecular formula is C7H11BrN2S. The molecule has 0 saturated carbocycles. The Morgan fingerprint density at radius 1 is 1.73 bits per heavy atom. The van der Waals surface area contributed by atoms with E-state index < -0.39 is 0 Å². The molecule has 1 atom stereocenters. The van der Waals surface area contributed by atoms with Gasteiger partial charge in [-0.25, -0.2) is 0 Å². The third kappa shape index (κ3) is 2.02. The van der Waals surface area contributed by atoms with Crippen LogP contribution < -0.4 is 11.3 Å². The SMILES string of the molecule is CCC(NN)c1cscc1Br. The highest BCUT2D eigenvalue weighted by Crippen LogP contribution is 2.28. The highest BCUT2D eigenvalue weighted by molar-refractivity contribution is 9.10. The Kier molecular flexibility index (Phi) is 3.51. The molecule has 1 aromatic rings. The van der Waals surface area contributed by atoms with Crippen LogP contribution in [0.25, 0.3) is 0 Å². The van der Waals surface area contributed by atoms with Gasteiger partial charge in [0.2, 0.25) is 0 Å². The maximum atomic E-state index is 5.38. The van der Waals surface area contributed by atoms with E-state index in [2.05, 4.69) is 39.0 Å². The van der Waals surface area contributed by atoms with Gasteiger partial charge in [-0.05, 0) is 33.3 Å². The zero-order valence-corrected chi connectivity index (χ0v) is 8.71. The van der Waals surface area contributed by atoms with Crippen LogP contribution in [-0.2, 0) is 0 Å². The fraction of sp³-hybridized carbons (Fsp3) is 0.429. The molecule has 0 radical (unpaired) electrons. The molecule has 0 amide bonds. The van der Waals surface area contributed by atoms with Gasteiger partial charge in [0, 0.05) is 15.9 Å². The molecule has 1 aromatic heterocycles. The van der Waals surface area contributed by atoms with Gasteiger partial charge in [0.15, 0.2) is 0 Å². The maximum absolute atomic E-state index is 5.38. The lowest BCUT2D eigenvalue weighted by Gasteiger charge is -2.11. The van der Waals surface area contributed by atoms with E-state index in [-0.39, 0.29) is 6.04 Å². The van der Waals surface area contributed by atoms with Crippen molar-refractivity contribution in [3.63, 3.8) is 0 Å². The molecule has 0 aliphatic carbocycles. The lowest BCUT2D eigenvalue weighted by atomic mass is 10.1. The third-order valence-electron chi connectivity index (χ3n) is 1.63. The van der Waals surface area contributed by atoms with Crippen molar-refractivity contribution < 1.29 is 0 Å². The zero-order chi connectivity index (χ0) is 8.27. The molecule has 3 N–H and O–H groups in total. The van der Waals surface area contributed by atoms with E-state index in [1.165, 1.54) is 5.56 Å². The van der Waals surface area contributed by atoms with E-state index in [9.17, 15) is 0 Å². The molecular weight excluding hydrogens is 224 g/mol. The van der Waals surface area contributed by atoms with Gasteiger partial charge in [0.25, 0.3) is 0 Å². The molecule has 0 spiro atoms. The van der Waals surface area contributed by atoms with Gasteiger partial charge in [-0.1, -0.05) is 6.92 Å². The van der Waals surface area contributed by atoms with Gasteiger partial charge in [0.05, 0.1) is 0 Å². The van der Waals surface area contributed by atoms with E-state index in [4.69, 9.17) is 5.84 Å². The Bertz CT molecular complexity index is 220. The molecule has 11 heavy (non-hydrogen) atoms. The minimum absolute atomic E-state index is 0.274. The van der Waals surface area contributed by atoms with Crippen LogP contribution in [0.5, 0.6) is 0 Å². The molecule has 62 valence electrons. The van der Waals surface area contributed by atoms with Crippen molar-refractivity contribution in [3.05, 3.63) is 20.8 Å². The van der Waals surface area contributed by atoms with Crippen molar-refractivity contribution in [2.24, 2.45) is 5.84 Å². The summed E-state index contributed by atoms with van der Waals surface area (Å²) in [6.45, 7) is 2.11. The number of nitrogens with one attached hydrogen (secondary N) is 1. The highest BCUT2D eigenvalue weighted by Gasteiger charge is 2.10. The first kappa shape index (κ1) is 9.19. The van der Waals surface area contributed by atoms with E-state index in [0.29, 0.717) is 0 Å². The van der Waals surface area contributed by atoms with Crippen molar-refractivity contribution in [3.8, 4) is 0 Å². The van der Waals surface area contributed by atoms with Gasteiger partial charge in [0.1, 0.15) is 0 Å². The number of halogens is 1. The molecule has 4 heteroatoms. The Morgan fingerprint density at radius 3 is 2.82 bits per heavy atom. The van der Waals surface area contributed by atoms with Crippen LogP contribution in [-0.4, -0.2) is 0 Å². The summed E-state index contributed by atoms with van der Waals surface area (Å²) in [5.74, 6) is 5.38. The van der Waals surface area contributed by atoms with Crippen molar-refractivity contribution in [1.29, 1.82) is 0 Å². The molecule has 1 heterocycles. The minimum atomic E-state index is 0.274. The van der Waals surface area contributed by atoms with Crippen molar-refractivity contribution >= 4 is 27.3 Å². The van der Waals surface area contributed by atoms with E-state index in [0.717, 1.165) is 10.9 Å². The molecule has 0 saturated heterocycles. The largest absolute Gasteiger partial charge is 0.271 e. The van der Waals surface area contributed by atoms with E-state index in [1.54, 1.807) is 11.3 Å². The molecule has 0 fully saturated rings. The summed E-state index contributed by atoms with van der Waals surface area (Å²) in [6, 6.07) is 0.274. The van der Waals surface area contributed by atoms with Crippen molar-refractivity contribution in [1.82, 2.24) is 5.43 Å². The first-order valence-electron chi connectivity index (χ1n) is 3.47. The number of nitrogens with two attached hydrogens (primary N) is 1. The summed E-state index contributed by atoms with van der Waals surface area (Å²) in [5, 5.41) is 4.17. The van der Waals surface area contributed by atoms with Crippen molar-refractivity contribution in [2.45, 2.75) is 19.4 Å². The normalized spacial score (nSPS) is 13.4. The maximum Gasteiger partial charge on any atom is 0.0476 e. The average Bonchev–Trinajstić information content (AvgIpc) is 2.40. The quantitative estimate of drug-likeness (QED) is 0.623. The zero-order valence-electron chi connectivity index (χ0n) is 6.30. The van der Waals surface area contributed by atoms with Crippen LogP contribution in [0.2, 0.25) is 0 Å². The van der Waals surface area contributed by atoms with Crippen LogP contribution in [0.4, 0.5) is 0 Å². The van der Waals surface area contributed by atoms with Gasteiger partial charge < -0.3 is 0 Å². The second-order valence-corrected chi connectivity index (χ2v) is 3.90. The predicted octanol–water partition coefficient (Wildman–Crippen LogP) is 2.42. The molecule has 1 unspecified atom stereocenters. The van der Waals surface area contributed by atoms with Gasteiger partial charge in [-0.2, -0.15) is 11.3 Å². The van der Waals surface area contributed by atoms with Crippen molar-refractivity contribution in [2.75, 3.05) is 0 Å². The van der Waals surface area contributed by atoms with E-state index in [1.807, 2.05) is 0 Å². The number of thiophene rings is 1. The van der Waals surface area contributed by atoms with Crippen LogP contribution >= 0.6 is 27.3 Å². The lowest BCUT2D eigenvalue weighted by Crippen LogP contribution is -2.27. The molecule has 0 bridgehead atoms. The monoisotopic (exact) mass is 234 g/mol. The number of hydrogen-bond acceptors (Lipinski definition) is 3. The van der Waals surface area contributed by atoms with Crippen LogP contribution in [0, 0.1) is 0 Å². The fourth-order valence-electron chi connectivity index (χ4n) is 0.968. The number of hydrogen-bond donors (Lipinski definition) is 2. The summed E-state index contributed by atoms with van der Waals surface area (Å²) in [5.41, 5.74) is 4.02. The topological polar surface area (TPSA) is 38.0 Å². The number of rotatable bonds is 3. The minimum Gasteiger partial charge on any atom is -0.271 e. The van der Waals surface area contributed by atoms with Crippen LogP contribution in [0.15, 0.2) is 15.2 Å². The summed E-state index contributed by atoms with van der Waals surface area (Å²) < 4.78 is 1.15. The smallest absolute Gasteiger partial charge is 0.0476 e. The van der Waals surface area contributed by atoms with E-state index >= 15 is 0 Å². The molecule has 0 aromatic carbocycles. The standard InChI is InChI=1S/C7H11BrN2S/c1-2-7(10-9)5-3-11-4-6(5)8/h3-4,7,10H,2,9H2,1H3. The second kappa shape index (κ2) is 4.21.